The number of rotatable bonds is 5. The molecule has 3 rings (SSSR count). The third-order valence-electron chi connectivity index (χ3n) is 4.54. The molecule has 1 heterocycles. The molecule has 0 unspecified atom stereocenters. The molecule has 0 radical (unpaired) electrons. The monoisotopic (exact) mass is 367 g/mol. The van der Waals surface area contributed by atoms with E-state index in [2.05, 4.69) is 10.6 Å². The summed E-state index contributed by atoms with van der Waals surface area (Å²) < 4.78 is 5.26. The van der Waals surface area contributed by atoms with Crippen molar-refractivity contribution >= 4 is 23.4 Å². The molecule has 0 fully saturated rings. The number of ether oxygens (including phenoxy) is 1. The zero-order chi connectivity index (χ0) is 19.4. The molecule has 0 aliphatic carbocycles. The SMILES string of the molecule is COc1ccccc1CCNC(=O)C(=O)N[C@@H]1C(=O)N(C)c2ccccc21. The normalized spacial score (nSPS) is 15.3. The number of carbonyl (C=O) groups is 3. The van der Waals surface area contributed by atoms with Gasteiger partial charge >= 0.3 is 11.8 Å². The molecule has 7 nitrogen and oxygen atoms in total. The molecule has 2 aromatic carbocycles. The molecule has 27 heavy (non-hydrogen) atoms. The Morgan fingerprint density at radius 2 is 1.78 bits per heavy atom. The van der Waals surface area contributed by atoms with Gasteiger partial charge in [-0.15, -0.1) is 0 Å². The number of benzene rings is 2. The van der Waals surface area contributed by atoms with E-state index in [1.54, 1.807) is 32.4 Å². The van der Waals surface area contributed by atoms with Gasteiger partial charge in [-0.1, -0.05) is 36.4 Å². The van der Waals surface area contributed by atoms with E-state index < -0.39 is 17.9 Å². The largest absolute Gasteiger partial charge is 0.496 e. The topological polar surface area (TPSA) is 87.7 Å². The van der Waals surface area contributed by atoms with Gasteiger partial charge in [0.2, 0.25) is 0 Å². The van der Waals surface area contributed by atoms with Crippen molar-refractivity contribution in [1.82, 2.24) is 10.6 Å². The van der Waals surface area contributed by atoms with Crippen LogP contribution in [0, 0.1) is 0 Å². The lowest BCUT2D eigenvalue weighted by Gasteiger charge is -2.13. The van der Waals surface area contributed by atoms with Crippen LogP contribution >= 0.6 is 0 Å². The van der Waals surface area contributed by atoms with Crippen molar-refractivity contribution < 1.29 is 19.1 Å². The van der Waals surface area contributed by atoms with E-state index in [0.29, 0.717) is 12.0 Å². The van der Waals surface area contributed by atoms with Crippen LogP contribution < -0.4 is 20.3 Å². The fourth-order valence-electron chi connectivity index (χ4n) is 3.12. The molecular weight excluding hydrogens is 346 g/mol. The molecule has 1 atom stereocenters. The quantitative estimate of drug-likeness (QED) is 0.777. The number of nitrogens with one attached hydrogen (secondary N) is 2. The highest BCUT2D eigenvalue weighted by atomic mass is 16.5. The lowest BCUT2D eigenvalue weighted by Crippen LogP contribution is -2.44. The van der Waals surface area contributed by atoms with Gasteiger partial charge < -0.3 is 20.3 Å². The maximum atomic E-state index is 12.4. The fourth-order valence-corrected chi connectivity index (χ4v) is 3.12. The maximum absolute atomic E-state index is 12.4. The molecule has 0 saturated carbocycles. The molecular formula is C20H21N3O4. The summed E-state index contributed by atoms with van der Waals surface area (Å²) in [5, 5.41) is 5.09. The number of anilines is 1. The highest BCUT2D eigenvalue weighted by molar-refractivity contribution is 6.35. The van der Waals surface area contributed by atoms with Gasteiger partial charge in [-0.25, -0.2) is 0 Å². The second-order valence-electron chi connectivity index (χ2n) is 6.18. The third kappa shape index (κ3) is 3.76. The van der Waals surface area contributed by atoms with E-state index >= 15 is 0 Å². The van der Waals surface area contributed by atoms with Crippen LogP contribution in [0.5, 0.6) is 5.75 Å². The maximum Gasteiger partial charge on any atom is 0.310 e. The van der Waals surface area contributed by atoms with Crippen molar-refractivity contribution in [2.75, 3.05) is 25.6 Å². The first kappa shape index (κ1) is 18.4. The summed E-state index contributed by atoms with van der Waals surface area (Å²) in [5.74, 6) is -1.15. The average Bonchev–Trinajstić information content (AvgIpc) is 2.93. The molecule has 3 amide bonds. The van der Waals surface area contributed by atoms with Crippen molar-refractivity contribution in [3.05, 3.63) is 59.7 Å². The molecule has 0 bridgehead atoms. The van der Waals surface area contributed by atoms with Gasteiger partial charge in [0.05, 0.1) is 7.11 Å². The predicted octanol–water partition coefficient (Wildman–Crippen LogP) is 1.19. The molecule has 2 N–H and O–H groups in total. The average molecular weight is 367 g/mol. The van der Waals surface area contributed by atoms with E-state index in [0.717, 1.165) is 17.0 Å². The molecule has 2 aromatic rings. The van der Waals surface area contributed by atoms with Gasteiger partial charge in [0.1, 0.15) is 11.8 Å². The molecule has 1 aliphatic rings. The lowest BCUT2D eigenvalue weighted by molar-refractivity contribution is -0.140. The summed E-state index contributed by atoms with van der Waals surface area (Å²) in [5.41, 5.74) is 2.34. The van der Waals surface area contributed by atoms with Gasteiger partial charge in [0.15, 0.2) is 0 Å². The molecule has 0 saturated heterocycles. The third-order valence-corrected chi connectivity index (χ3v) is 4.54. The summed E-state index contributed by atoms with van der Waals surface area (Å²) in [6, 6.07) is 13.8. The van der Waals surface area contributed by atoms with Crippen LogP contribution in [0.3, 0.4) is 0 Å². The molecule has 0 spiro atoms. The Bertz CT molecular complexity index is 881. The Morgan fingerprint density at radius 1 is 1.07 bits per heavy atom. The van der Waals surface area contributed by atoms with Crippen molar-refractivity contribution in [1.29, 1.82) is 0 Å². The number of nitrogens with zero attached hydrogens (tertiary/aromatic N) is 1. The summed E-state index contributed by atoms with van der Waals surface area (Å²) >= 11 is 0. The van der Waals surface area contributed by atoms with E-state index in [1.165, 1.54) is 4.90 Å². The van der Waals surface area contributed by atoms with E-state index in [-0.39, 0.29) is 12.5 Å². The molecule has 7 heteroatoms. The van der Waals surface area contributed by atoms with Gasteiger partial charge in [-0.05, 0) is 24.1 Å². The standard InChI is InChI=1S/C20H21N3O4/c1-23-15-9-5-4-8-14(15)17(20(23)26)22-19(25)18(24)21-12-11-13-7-3-6-10-16(13)27-2/h3-10,17H,11-12H2,1-2H3,(H,21,24)(H,22,25)/t17-/m0/s1. The lowest BCUT2D eigenvalue weighted by atomic mass is 10.1. The first-order chi connectivity index (χ1) is 13.0. The minimum Gasteiger partial charge on any atom is -0.496 e. The van der Waals surface area contributed by atoms with Crippen molar-refractivity contribution in [2.24, 2.45) is 0 Å². The number of likely N-dealkylation sites (N-methyl/N-ethyl adjacent to an activating group) is 1. The molecule has 0 aromatic heterocycles. The van der Waals surface area contributed by atoms with Crippen molar-refractivity contribution in [3.63, 3.8) is 0 Å². The Kier molecular flexibility index (Phi) is 5.40. The van der Waals surface area contributed by atoms with Crippen LogP contribution in [-0.2, 0) is 20.8 Å². The summed E-state index contributed by atoms with van der Waals surface area (Å²) in [4.78, 5) is 38.1. The highest BCUT2D eigenvalue weighted by Crippen LogP contribution is 2.34. The van der Waals surface area contributed by atoms with Crippen molar-refractivity contribution in [3.8, 4) is 5.75 Å². The van der Waals surface area contributed by atoms with Crippen LogP contribution in [0.1, 0.15) is 17.2 Å². The van der Waals surface area contributed by atoms with Gasteiger partial charge in [-0.2, -0.15) is 0 Å². The first-order valence-corrected chi connectivity index (χ1v) is 8.60. The van der Waals surface area contributed by atoms with Crippen LogP contribution in [0.4, 0.5) is 5.69 Å². The van der Waals surface area contributed by atoms with E-state index in [1.807, 2.05) is 30.3 Å². The number of hydrogen-bond donors (Lipinski definition) is 2. The van der Waals surface area contributed by atoms with Crippen molar-refractivity contribution in [2.45, 2.75) is 12.5 Å². The predicted molar refractivity (Wildman–Crippen MR) is 100 cm³/mol. The Balaban J connectivity index is 1.57. The Morgan fingerprint density at radius 3 is 2.56 bits per heavy atom. The number of carbonyl (C=O) groups excluding carboxylic acids is 3. The minimum atomic E-state index is -0.848. The minimum absolute atomic E-state index is 0.272. The van der Waals surface area contributed by atoms with Crippen LogP contribution in [-0.4, -0.2) is 38.4 Å². The zero-order valence-electron chi connectivity index (χ0n) is 15.2. The Hall–Kier alpha value is -3.35. The molecule has 140 valence electrons. The van der Waals surface area contributed by atoms with Crippen LogP contribution in [0.15, 0.2) is 48.5 Å². The van der Waals surface area contributed by atoms with Crippen LogP contribution in [0.25, 0.3) is 0 Å². The number of para-hydroxylation sites is 2. The number of hydrogen-bond acceptors (Lipinski definition) is 4. The van der Waals surface area contributed by atoms with E-state index in [9.17, 15) is 14.4 Å². The smallest absolute Gasteiger partial charge is 0.310 e. The number of fused-ring (bicyclic) bond motifs is 1. The first-order valence-electron chi connectivity index (χ1n) is 8.60. The van der Waals surface area contributed by atoms with E-state index in [4.69, 9.17) is 4.74 Å². The van der Waals surface area contributed by atoms with Gasteiger partial charge in [0, 0.05) is 24.8 Å². The summed E-state index contributed by atoms with van der Waals surface area (Å²) in [6.07, 6.45) is 0.525. The molecule has 1 aliphatic heterocycles. The summed E-state index contributed by atoms with van der Waals surface area (Å²) in [6.45, 7) is 0.279. The second-order valence-corrected chi connectivity index (χ2v) is 6.18. The Labute approximate surface area is 157 Å². The van der Waals surface area contributed by atoms with Gasteiger partial charge in [0.25, 0.3) is 5.91 Å². The van der Waals surface area contributed by atoms with Crippen LogP contribution in [0.2, 0.25) is 0 Å². The number of methoxy groups -OCH3 is 1. The number of amides is 3. The zero-order valence-corrected chi connectivity index (χ0v) is 15.2. The fraction of sp³-hybridized carbons (Fsp3) is 0.250. The highest BCUT2D eigenvalue weighted by Gasteiger charge is 2.36. The van der Waals surface area contributed by atoms with Gasteiger partial charge in [-0.3, -0.25) is 14.4 Å². The summed E-state index contributed by atoms with van der Waals surface area (Å²) in [7, 11) is 3.22. The second kappa shape index (κ2) is 7.90.